The fourth-order valence-electron chi connectivity index (χ4n) is 1.76. The highest BCUT2D eigenvalue weighted by molar-refractivity contribution is 5.57. The molecule has 0 saturated carbocycles. The summed E-state index contributed by atoms with van der Waals surface area (Å²) in [6.45, 7) is 2.96. The first-order valence-corrected chi connectivity index (χ1v) is 6.36. The Morgan fingerprint density at radius 1 is 1.30 bits per heavy atom. The van der Waals surface area contributed by atoms with Gasteiger partial charge in [0.2, 0.25) is 11.8 Å². The third kappa shape index (κ3) is 3.36. The molecule has 1 aromatic carbocycles. The van der Waals surface area contributed by atoms with Crippen LogP contribution in [0.5, 0.6) is 11.6 Å². The van der Waals surface area contributed by atoms with Crippen molar-refractivity contribution < 1.29 is 9.47 Å². The zero-order chi connectivity index (χ0) is 14.4. The highest BCUT2D eigenvalue weighted by Crippen LogP contribution is 2.24. The van der Waals surface area contributed by atoms with E-state index in [-0.39, 0.29) is 0 Å². The maximum Gasteiger partial charge on any atom is 0.230 e. The summed E-state index contributed by atoms with van der Waals surface area (Å²) in [6.07, 6.45) is 1.63. The van der Waals surface area contributed by atoms with Gasteiger partial charge in [-0.25, -0.2) is 4.98 Å². The minimum absolute atomic E-state index is 0.407. The molecule has 0 bridgehead atoms. The Hall–Kier alpha value is -2.34. The molecule has 0 saturated heterocycles. The van der Waals surface area contributed by atoms with E-state index in [1.807, 2.05) is 25.1 Å². The minimum Gasteiger partial charge on any atom is -0.494 e. The summed E-state index contributed by atoms with van der Waals surface area (Å²) in [5, 5.41) is 3.11. The molecule has 0 amide bonds. The average Bonchev–Trinajstić information content (AvgIpc) is 2.49. The standard InChI is InChI=1S/C14H18N4O2/c1-3-20-12-5-4-11(8-10(12)9-15)17-14-16-7-6-13(18-14)19-2/h4-8H,3,9,15H2,1-2H3,(H,16,17,18). The van der Waals surface area contributed by atoms with Gasteiger partial charge in [0.25, 0.3) is 0 Å². The van der Waals surface area contributed by atoms with Crippen LogP contribution < -0.4 is 20.5 Å². The van der Waals surface area contributed by atoms with Gasteiger partial charge in [-0.1, -0.05) is 0 Å². The molecule has 6 heteroatoms. The van der Waals surface area contributed by atoms with Crippen LogP contribution in [0.4, 0.5) is 11.6 Å². The third-order valence-corrected chi connectivity index (χ3v) is 2.68. The van der Waals surface area contributed by atoms with Crippen molar-refractivity contribution in [2.24, 2.45) is 5.73 Å². The van der Waals surface area contributed by atoms with Crippen molar-refractivity contribution in [2.45, 2.75) is 13.5 Å². The molecule has 0 aliphatic heterocycles. The normalized spacial score (nSPS) is 10.2. The van der Waals surface area contributed by atoms with Crippen LogP contribution in [0, 0.1) is 0 Å². The molecule has 106 valence electrons. The Morgan fingerprint density at radius 3 is 2.85 bits per heavy atom. The van der Waals surface area contributed by atoms with Crippen LogP contribution in [0.2, 0.25) is 0 Å². The number of aromatic nitrogens is 2. The van der Waals surface area contributed by atoms with Crippen LogP contribution in [0.25, 0.3) is 0 Å². The quantitative estimate of drug-likeness (QED) is 0.839. The van der Waals surface area contributed by atoms with Crippen LogP contribution in [0.3, 0.4) is 0 Å². The van der Waals surface area contributed by atoms with E-state index in [0.29, 0.717) is 25.0 Å². The fourth-order valence-corrected chi connectivity index (χ4v) is 1.76. The molecule has 1 aromatic heterocycles. The predicted octanol–water partition coefficient (Wildman–Crippen LogP) is 2.09. The Morgan fingerprint density at radius 2 is 2.15 bits per heavy atom. The van der Waals surface area contributed by atoms with E-state index in [0.717, 1.165) is 17.0 Å². The second-order valence-electron chi connectivity index (χ2n) is 4.01. The zero-order valence-corrected chi connectivity index (χ0v) is 11.6. The molecule has 0 unspecified atom stereocenters. The van der Waals surface area contributed by atoms with Crippen molar-refractivity contribution in [3.63, 3.8) is 0 Å². The molecule has 2 rings (SSSR count). The van der Waals surface area contributed by atoms with Gasteiger partial charge in [0.1, 0.15) is 5.75 Å². The number of hydrogen-bond donors (Lipinski definition) is 2. The summed E-state index contributed by atoms with van der Waals surface area (Å²) in [5.41, 5.74) is 7.51. The van der Waals surface area contributed by atoms with Gasteiger partial charge in [-0.2, -0.15) is 4.98 Å². The number of nitrogens with one attached hydrogen (secondary N) is 1. The van der Waals surface area contributed by atoms with Crippen LogP contribution >= 0.6 is 0 Å². The van der Waals surface area contributed by atoms with Crippen LogP contribution in [0.1, 0.15) is 12.5 Å². The lowest BCUT2D eigenvalue weighted by molar-refractivity contribution is 0.336. The highest BCUT2D eigenvalue weighted by atomic mass is 16.5. The lowest BCUT2D eigenvalue weighted by Crippen LogP contribution is -2.04. The Kier molecular flexibility index (Phi) is 4.73. The van der Waals surface area contributed by atoms with Crippen molar-refractivity contribution in [3.05, 3.63) is 36.0 Å². The van der Waals surface area contributed by atoms with Gasteiger partial charge in [0, 0.05) is 30.1 Å². The second kappa shape index (κ2) is 6.72. The van der Waals surface area contributed by atoms with E-state index in [1.54, 1.807) is 19.4 Å². The monoisotopic (exact) mass is 274 g/mol. The molecule has 2 aromatic rings. The van der Waals surface area contributed by atoms with Crippen LogP contribution in [-0.2, 0) is 6.54 Å². The molecule has 0 aliphatic carbocycles. The molecule has 0 atom stereocenters. The molecule has 0 aliphatic rings. The first-order chi connectivity index (χ1) is 9.76. The average molecular weight is 274 g/mol. The molecular formula is C14H18N4O2. The maximum absolute atomic E-state index is 5.73. The SMILES string of the molecule is CCOc1ccc(Nc2nccc(OC)n2)cc1CN. The summed E-state index contributed by atoms with van der Waals surface area (Å²) < 4.78 is 10.6. The van der Waals surface area contributed by atoms with E-state index < -0.39 is 0 Å². The van der Waals surface area contributed by atoms with Gasteiger partial charge in [-0.3, -0.25) is 0 Å². The number of methoxy groups -OCH3 is 1. The van der Waals surface area contributed by atoms with Crippen molar-refractivity contribution in [1.29, 1.82) is 0 Å². The van der Waals surface area contributed by atoms with Crippen LogP contribution in [0.15, 0.2) is 30.5 Å². The smallest absolute Gasteiger partial charge is 0.230 e. The first-order valence-electron chi connectivity index (χ1n) is 6.36. The Balaban J connectivity index is 2.20. The van der Waals surface area contributed by atoms with Crippen molar-refractivity contribution in [3.8, 4) is 11.6 Å². The van der Waals surface area contributed by atoms with Gasteiger partial charge in [0.15, 0.2) is 0 Å². The Labute approximate surface area is 118 Å². The Bertz CT molecular complexity index is 575. The molecular weight excluding hydrogens is 256 g/mol. The summed E-state index contributed by atoms with van der Waals surface area (Å²) in [4.78, 5) is 8.33. The summed E-state index contributed by atoms with van der Waals surface area (Å²) >= 11 is 0. The summed E-state index contributed by atoms with van der Waals surface area (Å²) in [6, 6.07) is 7.39. The van der Waals surface area contributed by atoms with Gasteiger partial charge in [-0.05, 0) is 25.1 Å². The predicted molar refractivity (Wildman–Crippen MR) is 77.4 cm³/mol. The lowest BCUT2D eigenvalue weighted by atomic mass is 10.2. The molecule has 1 heterocycles. The minimum atomic E-state index is 0.407. The van der Waals surface area contributed by atoms with E-state index >= 15 is 0 Å². The molecule has 0 spiro atoms. The number of hydrogen-bond acceptors (Lipinski definition) is 6. The van der Waals surface area contributed by atoms with E-state index in [9.17, 15) is 0 Å². The molecule has 6 nitrogen and oxygen atoms in total. The van der Waals surface area contributed by atoms with E-state index in [4.69, 9.17) is 15.2 Å². The zero-order valence-electron chi connectivity index (χ0n) is 11.6. The number of nitrogens with two attached hydrogens (primary N) is 1. The maximum atomic E-state index is 5.73. The van der Waals surface area contributed by atoms with Crippen molar-refractivity contribution >= 4 is 11.6 Å². The fraction of sp³-hybridized carbons (Fsp3) is 0.286. The number of anilines is 2. The van der Waals surface area contributed by atoms with E-state index in [1.165, 1.54) is 0 Å². The second-order valence-corrected chi connectivity index (χ2v) is 4.01. The topological polar surface area (TPSA) is 82.3 Å². The third-order valence-electron chi connectivity index (χ3n) is 2.68. The number of ether oxygens (including phenoxy) is 2. The number of rotatable bonds is 6. The van der Waals surface area contributed by atoms with E-state index in [2.05, 4.69) is 15.3 Å². The molecule has 3 N–H and O–H groups in total. The first kappa shape index (κ1) is 14.1. The lowest BCUT2D eigenvalue weighted by Gasteiger charge is -2.11. The number of benzene rings is 1. The van der Waals surface area contributed by atoms with Crippen molar-refractivity contribution in [2.75, 3.05) is 19.0 Å². The largest absolute Gasteiger partial charge is 0.494 e. The molecule has 0 fully saturated rings. The van der Waals surface area contributed by atoms with Crippen molar-refractivity contribution in [1.82, 2.24) is 9.97 Å². The van der Waals surface area contributed by atoms with Gasteiger partial charge in [-0.15, -0.1) is 0 Å². The molecule has 0 radical (unpaired) electrons. The van der Waals surface area contributed by atoms with Gasteiger partial charge >= 0.3 is 0 Å². The highest BCUT2D eigenvalue weighted by Gasteiger charge is 2.05. The molecule has 20 heavy (non-hydrogen) atoms. The summed E-state index contributed by atoms with van der Waals surface area (Å²) in [7, 11) is 1.57. The van der Waals surface area contributed by atoms with Gasteiger partial charge < -0.3 is 20.5 Å². The summed E-state index contributed by atoms with van der Waals surface area (Å²) in [5.74, 6) is 1.77. The van der Waals surface area contributed by atoms with Crippen LogP contribution in [-0.4, -0.2) is 23.7 Å². The number of nitrogens with zero attached hydrogens (tertiary/aromatic N) is 2. The van der Waals surface area contributed by atoms with Gasteiger partial charge in [0.05, 0.1) is 13.7 Å².